The number of carbonyl (C=O) groups excluding carboxylic acids is 1. The van der Waals surface area contributed by atoms with Crippen LogP contribution in [0.1, 0.15) is 43.0 Å². The van der Waals surface area contributed by atoms with E-state index >= 15 is 0 Å². The summed E-state index contributed by atoms with van der Waals surface area (Å²) in [5.41, 5.74) is 1.35. The van der Waals surface area contributed by atoms with Gasteiger partial charge in [-0.15, -0.1) is 0 Å². The van der Waals surface area contributed by atoms with Gasteiger partial charge in [0.2, 0.25) is 0 Å². The highest BCUT2D eigenvalue weighted by Gasteiger charge is 2.17. The second-order valence-electron chi connectivity index (χ2n) is 4.57. The molecule has 100 valence electrons. The van der Waals surface area contributed by atoms with Gasteiger partial charge in [-0.25, -0.2) is 9.78 Å². The van der Waals surface area contributed by atoms with Crippen LogP contribution in [0.4, 0.5) is 0 Å². The minimum Gasteiger partial charge on any atom is -0.461 e. The van der Waals surface area contributed by atoms with E-state index in [4.69, 9.17) is 4.74 Å². The monoisotopic (exact) mass is 258 g/mol. The van der Waals surface area contributed by atoms with E-state index in [1.807, 2.05) is 34.9 Å². The van der Waals surface area contributed by atoms with Crippen LogP contribution in [0.5, 0.6) is 0 Å². The van der Waals surface area contributed by atoms with Crippen molar-refractivity contribution in [3.05, 3.63) is 48.0 Å². The Morgan fingerprint density at radius 2 is 2.00 bits per heavy atom. The Hall–Kier alpha value is -2.10. The molecule has 0 radical (unpaired) electrons. The van der Waals surface area contributed by atoms with Crippen LogP contribution in [-0.4, -0.2) is 22.1 Å². The minimum absolute atomic E-state index is 0.225. The van der Waals surface area contributed by atoms with Crippen molar-refractivity contribution in [3.8, 4) is 5.69 Å². The van der Waals surface area contributed by atoms with E-state index in [0.29, 0.717) is 12.3 Å². The molecule has 19 heavy (non-hydrogen) atoms. The van der Waals surface area contributed by atoms with Crippen molar-refractivity contribution in [3.63, 3.8) is 0 Å². The fourth-order valence-electron chi connectivity index (χ4n) is 1.90. The number of benzene rings is 1. The zero-order valence-electron chi connectivity index (χ0n) is 11.5. The summed E-state index contributed by atoms with van der Waals surface area (Å²) in [6.07, 6.45) is 1.74. The summed E-state index contributed by atoms with van der Waals surface area (Å²) in [4.78, 5) is 16.2. The van der Waals surface area contributed by atoms with Crippen molar-refractivity contribution in [2.24, 2.45) is 0 Å². The Kier molecular flexibility index (Phi) is 4.00. The Morgan fingerprint density at radius 1 is 1.32 bits per heavy atom. The van der Waals surface area contributed by atoms with E-state index in [9.17, 15) is 4.79 Å². The first-order chi connectivity index (χ1) is 9.13. The second kappa shape index (κ2) is 5.69. The molecule has 1 heterocycles. The third-order valence-corrected chi connectivity index (χ3v) is 2.77. The molecule has 2 rings (SSSR count). The van der Waals surface area contributed by atoms with Crippen LogP contribution in [0.15, 0.2) is 36.5 Å². The van der Waals surface area contributed by atoms with E-state index in [1.54, 1.807) is 13.1 Å². The maximum Gasteiger partial charge on any atom is 0.358 e. The maximum absolute atomic E-state index is 11.8. The average molecular weight is 258 g/mol. The van der Waals surface area contributed by atoms with Crippen LogP contribution in [0.3, 0.4) is 0 Å². The molecule has 0 unspecified atom stereocenters. The van der Waals surface area contributed by atoms with Gasteiger partial charge in [0.1, 0.15) is 5.82 Å². The lowest BCUT2D eigenvalue weighted by Crippen LogP contribution is -2.05. The highest BCUT2D eigenvalue weighted by atomic mass is 16.5. The molecule has 1 aromatic carbocycles. The first kappa shape index (κ1) is 13.3. The summed E-state index contributed by atoms with van der Waals surface area (Å²) in [6, 6.07) is 9.86. The normalized spacial score (nSPS) is 10.7. The summed E-state index contributed by atoms with van der Waals surface area (Å²) in [5, 5.41) is 0. The molecule has 0 aliphatic rings. The average Bonchev–Trinajstić information content (AvgIpc) is 2.85. The van der Waals surface area contributed by atoms with Crippen LogP contribution in [-0.2, 0) is 4.74 Å². The van der Waals surface area contributed by atoms with Gasteiger partial charge in [0.25, 0.3) is 0 Å². The predicted molar refractivity (Wildman–Crippen MR) is 73.6 cm³/mol. The van der Waals surface area contributed by atoms with E-state index in [0.717, 1.165) is 11.5 Å². The number of aromatic nitrogens is 2. The third-order valence-electron chi connectivity index (χ3n) is 2.77. The lowest BCUT2D eigenvalue weighted by atomic mass is 10.2. The van der Waals surface area contributed by atoms with Crippen LogP contribution in [0, 0.1) is 0 Å². The van der Waals surface area contributed by atoms with Crippen molar-refractivity contribution >= 4 is 5.97 Å². The molecule has 1 aromatic heterocycles. The number of rotatable bonds is 4. The third kappa shape index (κ3) is 2.84. The molecule has 2 aromatic rings. The number of hydrogen-bond acceptors (Lipinski definition) is 3. The molecular weight excluding hydrogens is 240 g/mol. The number of imidazole rings is 1. The Morgan fingerprint density at radius 3 is 2.58 bits per heavy atom. The standard InChI is InChI=1S/C15H18N2O2/c1-4-19-15(18)13-10-17(14(16-13)11(2)3)12-8-6-5-7-9-12/h5-11H,4H2,1-3H3. The first-order valence-electron chi connectivity index (χ1n) is 6.45. The van der Waals surface area contributed by atoms with Crippen LogP contribution in [0.25, 0.3) is 5.69 Å². The van der Waals surface area contributed by atoms with Gasteiger partial charge in [0.15, 0.2) is 5.69 Å². The van der Waals surface area contributed by atoms with Crippen LogP contribution >= 0.6 is 0 Å². The van der Waals surface area contributed by atoms with Gasteiger partial charge >= 0.3 is 5.97 Å². The summed E-state index contributed by atoms with van der Waals surface area (Å²) >= 11 is 0. The lowest BCUT2D eigenvalue weighted by molar-refractivity contribution is 0.0520. The summed E-state index contributed by atoms with van der Waals surface area (Å²) in [5.74, 6) is 0.705. The highest BCUT2D eigenvalue weighted by Crippen LogP contribution is 2.19. The fourth-order valence-corrected chi connectivity index (χ4v) is 1.90. The van der Waals surface area contributed by atoms with E-state index < -0.39 is 0 Å². The minimum atomic E-state index is -0.376. The predicted octanol–water partition coefficient (Wildman–Crippen LogP) is 3.17. The molecule has 0 atom stereocenters. The van der Waals surface area contributed by atoms with Crippen LogP contribution in [0.2, 0.25) is 0 Å². The molecule has 0 bridgehead atoms. The highest BCUT2D eigenvalue weighted by molar-refractivity contribution is 5.87. The fraction of sp³-hybridized carbons (Fsp3) is 0.333. The van der Waals surface area contributed by atoms with Gasteiger partial charge < -0.3 is 9.30 Å². The van der Waals surface area contributed by atoms with E-state index in [-0.39, 0.29) is 11.9 Å². The zero-order chi connectivity index (χ0) is 13.8. The molecule has 0 spiro atoms. The molecule has 0 fully saturated rings. The number of nitrogens with zero attached hydrogens (tertiary/aromatic N) is 2. The molecule has 4 nitrogen and oxygen atoms in total. The van der Waals surface area contributed by atoms with Crippen molar-refractivity contribution in [2.75, 3.05) is 6.61 Å². The quantitative estimate of drug-likeness (QED) is 0.791. The molecule has 0 aliphatic heterocycles. The summed E-state index contributed by atoms with van der Waals surface area (Å²) < 4.78 is 6.94. The molecule has 0 amide bonds. The number of carbonyl (C=O) groups is 1. The largest absolute Gasteiger partial charge is 0.461 e. The topological polar surface area (TPSA) is 44.1 Å². The summed E-state index contributed by atoms with van der Waals surface area (Å²) in [7, 11) is 0. The van der Waals surface area contributed by atoms with Gasteiger partial charge in [-0.3, -0.25) is 0 Å². The number of hydrogen-bond donors (Lipinski definition) is 0. The Balaban J connectivity index is 2.45. The zero-order valence-corrected chi connectivity index (χ0v) is 11.5. The number of esters is 1. The van der Waals surface area contributed by atoms with Gasteiger partial charge in [0.05, 0.1) is 6.61 Å². The molecular formula is C15H18N2O2. The number of ether oxygens (including phenoxy) is 1. The van der Waals surface area contributed by atoms with Crippen molar-refractivity contribution < 1.29 is 9.53 Å². The van der Waals surface area contributed by atoms with Gasteiger partial charge in [0, 0.05) is 17.8 Å². The maximum atomic E-state index is 11.8. The smallest absolute Gasteiger partial charge is 0.358 e. The van der Waals surface area contributed by atoms with Crippen molar-refractivity contribution in [2.45, 2.75) is 26.7 Å². The SMILES string of the molecule is CCOC(=O)c1cn(-c2ccccc2)c(C(C)C)n1. The molecule has 0 saturated heterocycles. The van der Waals surface area contributed by atoms with Crippen molar-refractivity contribution in [1.29, 1.82) is 0 Å². The van der Waals surface area contributed by atoms with Gasteiger partial charge in [-0.1, -0.05) is 32.0 Å². The Labute approximate surface area is 113 Å². The van der Waals surface area contributed by atoms with Gasteiger partial charge in [-0.05, 0) is 19.1 Å². The second-order valence-corrected chi connectivity index (χ2v) is 4.57. The molecule has 0 aliphatic carbocycles. The molecule has 4 heteroatoms. The van der Waals surface area contributed by atoms with Gasteiger partial charge in [-0.2, -0.15) is 0 Å². The van der Waals surface area contributed by atoms with E-state index in [1.165, 1.54) is 0 Å². The van der Waals surface area contributed by atoms with Crippen LogP contribution < -0.4 is 0 Å². The molecule has 0 saturated carbocycles. The Bertz CT molecular complexity index is 559. The van der Waals surface area contributed by atoms with Crippen molar-refractivity contribution in [1.82, 2.24) is 9.55 Å². The van der Waals surface area contributed by atoms with E-state index in [2.05, 4.69) is 18.8 Å². The number of para-hydroxylation sites is 1. The molecule has 0 N–H and O–H groups in total. The lowest BCUT2D eigenvalue weighted by Gasteiger charge is -2.09. The first-order valence-corrected chi connectivity index (χ1v) is 6.45. The summed E-state index contributed by atoms with van der Waals surface area (Å²) in [6.45, 7) is 6.25.